The lowest BCUT2D eigenvalue weighted by atomic mass is 10.0. The predicted molar refractivity (Wildman–Crippen MR) is 202 cm³/mol. The van der Waals surface area contributed by atoms with E-state index in [1.165, 1.54) is 57.6 Å². The van der Waals surface area contributed by atoms with Gasteiger partial charge in [-0.3, -0.25) is 13.9 Å². The molecule has 0 heterocycles. The van der Waals surface area contributed by atoms with E-state index in [1.54, 1.807) is 30.3 Å². The van der Waals surface area contributed by atoms with Crippen LogP contribution in [0.25, 0.3) is 0 Å². The highest BCUT2D eigenvalue weighted by Gasteiger charge is 2.36. The van der Waals surface area contributed by atoms with E-state index in [0.717, 1.165) is 9.87 Å². The van der Waals surface area contributed by atoms with Crippen molar-refractivity contribution < 1.29 is 37.0 Å². The minimum atomic E-state index is -4.54. The van der Waals surface area contributed by atoms with Crippen LogP contribution in [0.1, 0.15) is 25.0 Å². The zero-order valence-electron chi connectivity index (χ0n) is 29.9. The molecule has 0 fully saturated rings. The number of anilines is 1. The first-order valence-electron chi connectivity index (χ1n) is 16.3. The lowest BCUT2D eigenvalue weighted by Crippen LogP contribution is -2.53. The molecule has 278 valence electrons. The number of amides is 2. The summed E-state index contributed by atoms with van der Waals surface area (Å²) in [5.74, 6) is -0.0406. The van der Waals surface area contributed by atoms with Crippen molar-refractivity contribution in [2.75, 3.05) is 45.8 Å². The van der Waals surface area contributed by atoms with Crippen LogP contribution in [0.5, 0.6) is 23.0 Å². The van der Waals surface area contributed by atoms with Gasteiger partial charge in [0.05, 0.1) is 39.0 Å². The molecule has 0 aliphatic rings. The second-order valence-electron chi connectivity index (χ2n) is 12.2. The molecule has 11 nitrogen and oxygen atoms in total. The Morgan fingerprint density at radius 2 is 1.46 bits per heavy atom. The van der Waals surface area contributed by atoms with Crippen LogP contribution < -0.4 is 28.6 Å². The second kappa shape index (κ2) is 18.2. The summed E-state index contributed by atoms with van der Waals surface area (Å²) in [7, 11) is 1.10. The van der Waals surface area contributed by atoms with Crippen LogP contribution in [0.4, 0.5) is 5.69 Å². The number of carbonyl (C=O) groups is 2. The highest BCUT2D eigenvalue weighted by molar-refractivity contribution is 7.92. The fourth-order valence-electron chi connectivity index (χ4n) is 5.42. The first kappa shape index (κ1) is 40.1. The molecule has 4 rings (SSSR count). The van der Waals surface area contributed by atoms with E-state index in [9.17, 15) is 18.0 Å². The molecule has 0 saturated heterocycles. The largest absolute Gasteiger partial charge is 0.497 e. The van der Waals surface area contributed by atoms with E-state index in [1.807, 2.05) is 44.2 Å². The minimum absolute atomic E-state index is 0.0262. The number of halogens is 2. The number of hydrogen-bond donors (Lipinski definition) is 1. The number of ether oxygens (including phenoxy) is 4. The van der Waals surface area contributed by atoms with Crippen molar-refractivity contribution in [2.45, 2.75) is 37.8 Å². The van der Waals surface area contributed by atoms with E-state index in [2.05, 4.69) is 5.32 Å². The van der Waals surface area contributed by atoms with Crippen molar-refractivity contribution in [3.05, 3.63) is 106 Å². The normalized spacial score (nSPS) is 11.8. The van der Waals surface area contributed by atoms with Crippen LogP contribution in [-0.2, 0) is 32.6 Å². The van der Waals surface area contributed by atoms with Gasteiger partial charge >= 0.3 is 0 Å². The molecule has 0 aliphatic carbocycles. The van der Waals surface area contributed by atoms with E-state index < -0.39 is 34.4 Å². The Kier molecular flexibility index (Phi) is 14.1. The number of benzene rings is 4. The quantitative estimate of drug-likeness (QED) is 0.127. The van der Waals surface area contributed by atoms with Crippen LogP contribution in [0.2, 0.25) is 10.0 Å². The van der Waals surface area contributed by atoms with Gasteiger partial charge in [0.2, 0.25) is 11.8 Å². The van der Waals surface area contributed by atoms with Crippen LogP contribution in [0.3, 0.4) is 0 Å². The summed E-state index contributed by atoms with van der Waals surface area (Å²) in [6, 6.07) is 21.7. The van der Waals surface area contributed by atoms with Gasteiger partial charge in [-0.05, 0) is 53.4 Å². The number of carbonyl (C=O) groups excluding carboxylic acids is 2. The van der Waals surface area contributed by atoms with Gasteiger partial charge in [-0.15, -0.1) is 0 Å². The van der Waals surface area contributed by atoms with Crippen molar-refractivity contribution in [1.82, 2.24) is 10.2 Å². The van der Waals surface area contributed by atoms with Crippen molar-refractivity contribution in [3.8, 4) is 23.0 Å². The maximum atomic E-state index is 14.9. The molecule has 2 amide bonds. The predicted octanol–water partition coefficient (Wildman–Crippen LogP) is 6.64. The second-order valence-corrected chi connectivity index (χ2v) is 14.9. The van der Waals surface area contributed by atoms with E-state index >= 15 is 0 Å². The molecular weight excluding hydrogens is 729 g/mol. The average Bonchev–Trinajstić information content (AvgIpc) is 3.14. The maximum absolute atomic E-state index is 14.9. The number of nitrogens with zero attached hydrogens (tertiary/aromatic N) is 2. The van der Waals surface area contributed by atoms with E-state index in [0.29, 0.717) is 28.6 Å². The maximum Gasteiger partial charge on any atom is 0.265 e. The zero-order chi connectivity index (χ0) is 38.0. The Morgan fingerprint density at radius 3 is 2.08 bits per heavy atom. The summed E-state index contributed by atoms with van der Waals surface area (Å²) in [6.45, 7) is 3.40. The number of rotatable bonds is 17. The Hall–Kier alpha value is -4.65. The molecule has 1 atom stereocenters. The van der Waals surface area contributed by atoms with Crippen molar-refractivity contribution in [1.29, 1.82) is 0 Å². The van der Waals surface area contributed by atoms with Gasteiger partial charge in [0.1, 0.15) is 24.1 Å². The lowest BCUT2D eigenvalue weighted by Gasteiger charge is -2.34. The summed E-state index contributed by atoms with van der Waals surface area (Å²) in [5.41, 5.74) is 1.32. The van der Waals surface area contributed by atoms with Crippen LogP contribution in [0.15, 0.2) is 89.8 Å². The Bertz CT molecular complexity index is 1960. The third-order valence-electron chi connectivity index (χ3n) is 8.19. The Balaban J connectivity index is 1.91. The molecule has 0 bridgehead atoms. The molecule has 4 aromatic carbocycles. The van der Waals surface area contributed by atoms with Gasteiger partial charge in [-0.2, -0.15) is 0 Å². The van der Waals surface area contributed by atoms with Gasteiger partial charge in [0.25, 0.3) is 10.0 Å². The lowest BCUT2D eigenvalue weighted by molar-refractivity contribution is -0.140. The fraction of sp³-hybridized carbons (Fsp3) is 0.316. The molecular formula is C38H43Cl2N3O8S. The van der Waals surface area contributed by atoms with Crippen molar-refractivity contribution >= 4 is 50.7 Å². The van der Waals surface area contributed by atoms with Gasteiger partial charge in [-0.1, -0.05) is 73.4 Å². The zero-order valence-corrected chi connectivity index (χ0v) is 32.2. The molecule has 0 spiro atoms. The number of methoxy groups -OCH3 is 4. The van der Waals surface area contributed by atoms with E-state index in [-0.39, 0.29) is 46.0 Å². The summed E-state index contributed by atoms with van der Waals surface area (Å²) in [6.07, 6.45) is 0.132. The molecule has 0 unspecified atom stereocenters. The van der Waals surface area contributed by atoms with Crippen LogP contribution in [-0.4, -0.2) is 72.7 Å². The van der Waals surface area contributed by atoms with Crippen LogP contribution >= 0.6 is 23.2 Å². The fourth-order valence-corrected chi connectivity index (χ4v) is 7.32. The van der Waals surface area contributed by atoms with Crippen molar-refractivity contribution in [3.63, 3.8) is 0 Å². The molecule has 52 heavy (non-hydrogen) atoms. The highest BCUT2D eigenvalue weighted by atomic mass is 35.5. The molecule has 0 radical (unpaired) electrons. The minimum Gasteiger partial charge on any atom is -0.497 e. The highest BCUT2D eigenvalue weighted by Crippen LogP contribution is 2.38. The molecule has 0 aromatic heterocycles. The number of nitrogens with one attached hydrogen (secondary N) is 1. The number of hydrogen-bond acceptors (Lipinski definition) is 8. The molecule has 0 aliphatic heterocycles. The molecule has 0 saturated carbocycles. The number of sulfonamides is 1. The summed E-state index contributed by atoms with van der Waals surface area (Å²) in [5, 5.41) is 3.63. The van der Waals surface area contributed by atoms with Crippen LogP contribution in [0, 0.1) is 5.92 Å². The molecule has 14 heteroatoms. The first-order chi connectivity index (χ1) is 24.8. The third kappa shape index (κ3) is 9.81. The first-order valence-corrected chi connectivity index (χ1v) is 18.5. The van der Waals surface area contributed by atoms with Gasteiger partial charge in [0, 0.05) is 41.7 Å². The topological polar surface area (TPSA) is 124 Å². The SMILES string of the molecule is COc1ccc(OC)c(N(CC(=O)N(Cc2ccc(Cl)cc2Cl)[C@H](Cc2ccccc2)C(=O)NCC(C)C)S(=O)(=O)c2ccc(OC)c(OC)c2)c1. The van der Waals surface area contributed by atoms with Gasteiger partial charge < -0.3 is 29.2 Å². The Morgan fingerprint density at radius 1 is 0.788 bits per heavy atom. The summed E-state index contributed by atoms with van der Waals surface area (Å²) < 4.78 is 52.1. The smallest absolute Gasteiger partial charge is 0.265 e. The van der Waals surface area contributed by atoms with Gasteiger partial charge in [-0.25, -0.2) is 8.42 Å². The van der Waals surface area contributed by atoms with Crippen molar-refractivity contribution in [2.24, 2.45) is 5.92 Å². The van der Waals surface area contributed by atoms with Gasteiger partial charge in [0.15, 0.2) is 11.5 Å². The summed E-state index contributed by atoms with van der Waals surface area (Å²) >= 11 is 12.8. The standard InChI is InChI=1S/C38H43Cl2N3O8S/c1-25(2)22-41-38(45)33(18-26-10-8-7-9-11-26)42(23-27-12-13-28(39)19-31(27)40)37(44)24-43(32-20-29(48-3)14-16-34(32)49-4)52(46,47)30-15-17-35(50-5)36(21-30)51-6/h7-17,19-21,25,33H,18,22-24H2,1-6H3,(H,41,45)/t33-/m1/s1. The summed E-state index contributed by atoms with van der Waals surface area (Å²) in [4.78, 5) is 30.1. The third-order valence-corrected chi connectivity index (χ3v) is 10.5. The molecule has 4 aromatic rings. The molecule has 1 N–H and O–H groups in total. The van der Waals surface area contributed by atoms with E-state index in [4.69, 9.17) is 42.1 Å². The monoisotopic (exact) mass is 771 g/mol. The average molecular weight is 773 g/mol. The Labute approximate surface area is 315 Å².